The highest BCUT2D eigenvalue weighted by molar-refractivity contribution is 5.89. The van der Waals surface area contributed by atoms with Gasteiger partial charge in [-0.05, 0) is 34.4 Å². The standard InChI is InChI=1S/C24H21F2N3O/c25-16-9-10-22(21(26)15-16)27-24(30)29-13-11-28(12-14-29)23-19-7-3-1-5-17(19)18-6-2-4-8-20(18)23/h1-10,15,23H,11-14H2,(H,27,30). The second-order valence-electron chi connectivity index (χ2n) is 7.65. The van der Waals surface area contributed by atoms with E-state index in [1.807, 2.05) is 0 Å². The Hall–Kier alpha value is -3.25. The number of benzene rings is 3. The molecule has 0 saturated carbocycles. The van der Waals surface area contributed by atoms with E-state index in [1.165, 1.54) is 28.3 Å². The number of rotatable bonds is 2. The van der Waals surface area contributed by atoms with Gasteiger partial charge in [0.1, 0.15) is 11.6 Å². The third-order valence-electron chi connectivity index (χ3n) is 5.94. The van der Waals surface area contributed by atoms with E-state index in [4.69, 9.17) is 0 Å². The summed E-state index contributed by atoms with van der Waals surface area (Å²) in [5.74, 6) is -1.45. The molecule has 0 unspecified atom stereocenters. The average Bonchev–Trinajstić information content (AvgIpc) is 3.10. The van der Waals surface area contributed by atoms with Crippen molar-refractivity contribution in [2.75, 3.05) is 31.5 Å². The van der Waals surface area contributed by atoms with Crippen molar-refractivity contribution in [3.8, 4) is 11.1 Å². The topological polar surface area (TPSA) is 35.6 Å². The molecule has 1 saturated heterocycles. The fraction of sp³-hybridized carbons (Fsp3) is 0.208. The first-order chi connectivity index (χ1) is 14.6. The molecule has 3 aromatic carbocycles. The number of nitrogens with one attached hydrogen (secondary N) is 1. The van der Waals surface area contributed by atoms with Gasteiger partial charge in [-0.25, -0.2) is 13.6 Å². The summed E-state index contributed by atoms with van der Waals surface area (Å²) >= 11 is 0. The van der Waals surface area contributed by atoms with E-state index in [0.29, 0.717) is 26.2 Å². The van der Waals surface area contributed by atoms with Crippen LogP contribution in [-0.2, 0) is 0 Å². The Morgan fingerprint density at radius 3 is 2.03 bits per heavy atom. The van der Waals surface area contributed by atoms with Crippen molar-refractivity contribution in [3.63, 3.8) is 0 Å². The smallest absolute Gasteiger partial charge is 0.322 e. The molecule has 0 spiro atoms. The summed E-state index contributed by atoms with van der Waals surface area (Å²) in [6.45, 7) is 2.50. The molecule has 1 aliphatic carbocycles. The predicted molar refractivity (Wildman–Crippen MR) is 112 cm³/mol. The molecule has 3 aromatic rings. The lowest BCUT2D eigenvalue weighted by Gasteiger charge is -2.38. The van der Waals surface area contributed by atoms with Gasteiger partial charge in [-0.2, -0.15) is 0 Å². The zero-order chi connectivity index (χ0) is 20.7. The molecule has 1 heterocycles. The lowest BCUT2D eigenvalue weighted by Crippen LogP contribution is -2.50. The van der Waals surface area contributed by atoms with E-state index in [0.717, 1.165) is 12.1 Å². The molecule has 5 rings (SSSR count). The van der Waals surface area contributed by atoms with Crippen LogP contribution in [0.1, 0.15) is 17.2 Å². The highest BCUT2D eigenvalue weighted by atomic mass is 19.1. The number of carbonyl (C=O) groups is 1. The van der Waals surface area contributed by atoms with Gasteiger partial charge in [0.05, 0.1) is 11.7 Å². The fourth-order valence-corrected chi connectivity index (χ4v) is 4.49. The molecule has 2 aliphatic rings. The van der Waals surface area contributed by atoms with Crippen LogP contribution in [0.5, 0.6) is 0 Å². The lowest BCUT2D eigenvalue weighted by atomic mass is 10.0. The van der Waals surface area contributed by atoms with Crippen LogP contribution < -0.4 is 5.32 Å². The molecule has 0 bridgehead atoms. The number of urea groups is 1. The number of piperazine rings is 1. The number of amides is 2. The second-order valence-corrected chi connectivity index (χ2v) is 7.65. The molecular weight excluding hydrogens is 384 g/mol. The largest absolute Gasteiger partial charge is 0.322 e. The van der Waals surface area contributed by atoms with Gasteiger partial charge in [-0.3, -0.25) is 4.90 Å². The molecular formula is C24H21F2N3O. The van der Waals surface area contributed by atoms with Gasteiger partial charge in [-0.15, -0.1) is 0 Å². The normalized spacial score (nSPS) is 16.3. The van der Waals surface area contributed by atoms with Crippen LogP contribution in [0.25, 0.3) is 11.1 Å². The number of fused-ring (bicyclic) bond motifs is 3. The highest BCUT2D eigenvalue weighted by Gasteiger charge is 2.34. The molecule has 2 amide bonds. The lowest BCUT2D eigenvalue weighted by molar-refractivity contribution is 0.128. The van der Waals surface area contributed by atoms with Crippen LogP contribution in [0.3, 0.4) is 0 Å². The fourth-order valence-electron chi connectivity index (χ4n) is 4.49. The van der Waals surface area contributed by atoms with Gasteiger partial charge < -0.3 is 10.2 Å². The minimum absolute atomic E-state index is 0.0116. The van der Waals surface area contributed by atoms with Crippen LogP contribution >= 0.6 is 0 Å². The van der Waals surface area contributed by atoms with E-state index in [-0.39, 0.29) is 17.8 Å². The number of anilines is 1. The van der Waals surface area contributed by atoms with Gasteiger partial charge >= 0.3 is 6.03 Å². The van der Waals surface area contributed by atoms with Gasteiger partial charge in [0, 0.05) is 32.2 Å². The number of hydrogen-bond donors (Lipinski definition) is 1. The summed E-state index contributed by atoms with van der Waals surface area (Å²) in [6, 6.07) is 19.9. The molecule has 152 valence electrons. The monoisotopic (exact) mass is 405 g/mol. The second kappa shape index (κ2) is 7.54. The van der Waals surface area contributed by atoms with E-state index >= 15 is 0 Å². The Morgan fingerprint density at radius 1 is 0.833 bits per heavy atom. The maximum absolute atomic E-state index is 13.8. The zero-order valence-electron chi connectivity index (χ0n) is 16.3. The van der Waals surface area contributed by atoms with Crippen molar-refractivity contribution in [2.24, 2.45) is 0 Å². The van der Waals surface area contributed by atoms with Crippen LogP contribution in [-0.4, -0.2) is 42.0 Å². The van der Waals surface area contributed by atoms with Crippen molar-refractivity contribution in [3.05, 3.63) is 89.5 Å². The molecule has 0 atom stereocenters. The van der Waals surface area contributed by atoms with Crippen molar-refractivity contribution in [2.45, 2.75) is 6.04 Å². The maximum atomic E-state index is 13.8. The van der Waals surface area contributed by atoms with Gasteiger partial charge in [0.25, 0.3) is 0 Å². The Balaban J connectivity index is 1.30. The Bertz CT molecular complexity index is 1060. The van der Waals surface area contributed by atoms with E-state index in [9.17, 15) is 13.6 Å². The molecule has 0 aromatic heterocycles. The van der Waals surface area contributed by atoms with Crippen molar-refractivity contribution < 1.29 is 13.6 Å². The summed E-state index contributed by atoms with van der Waals surface area (Å²) in [4.78, 5) is 16.6. The molecule has 4 nitrogen and oxygen atoms in total. The third kappa shape index (κ3) is 3.23. The first kappa shape index (κ1) is 18.8. The zero-order valence-corrected chi connectivity index (χ0v) is 16.3. The van der Waals surface area contributed by atoms with E-state index in [1.54, 1.807) is 4.90 Å². The minimum Gasteiger partial charge on any atom is -0.322 e. The highest BCUT2D eigenvalue weighted by Crippen LogP contribution is 2.46. The summed E-state index contributed by atoms with van der Waals surface area (Å²) in [7, 11) is 0. The van der Waals surface area contributed by atoms with Crippen molar-refractivity contribution >= 4 is 11.7 Å². The Kier molecular flexibility index (Phi) is 4.71. The first-order valence-electron chi connectivity index (χ1n) is 10.0. The SMILES string of the molecule is O=C(Nc1ccc(F)cc1F)N1CCN(C2c3ccccc3-c3ccccc32)CC1. The number of nitrogens with zero attached hydrogens (tertiary/aromatic N) is 2. The predicted octanol–water partition coefficient (Wildman–Crippen LogP) is 4.88. The summed E-state index contributed by atoms with van der Waals surface area (Å²) in [6.07, 6.45) is 0. The minimum atomic E-state index is -0.777. The number of carbonyl (C=O) groups excluding carboxylic acids is 1. The summed E-state index contributed by atoms with van der Waals surface area (Å²) < 4.78 is 26.9. The van der Waals surface area contributed by atoms with Crippen LogP contribution in [0.2, 0.25) is 0 Å². The molecule has 1 N–H and O–H groups in total. The van der Waals surface area contributed by atoms with Crippen LogP contribution in [0.15, 0.2) is 66.7 Å². The van der Waals surface area contributed by atoms with E-state index in [2.05, 4.69) is 58.7 Å². The molecule has 1 aliphatic heterocycles. The van der Waals surface area contributed by atoms with Gasteiger partial charge in [0.15, 0.2) is 0 Å². The van der Waals surface area contributed by atoms with Crippen LogP contribution in [0, 0.1) is 11.6 Å². The van der Waals surface area contributed by atoms with Gasteiger partial charge in [-0.1, -0.05) is 48.5 Å². The van der Waals surface area contributed by atoms with Crippen LogP contribution in [0.4, 0.5) is 19.3 Å². The molecule has 30 heavy (non-hydrogen) atoms. The third-order valence-corrected chi connectivity index (χ3v) is 5.94. The maximum Gasteiger partial charge on any atom is 0.322 e. The summed E-state index contributed by atoms with van der Waals surface area (Å²) in [5.41, 5.74) is 5.12. The molecule has 1 fully saturated rings. The average molecular weight is 405 g/mol. The quantitative estimate of drug-likeness (QED) is 0.659. The van der Waals surface area contributed by atoms with Crippen molar-refractivity contribution in [1.29, 1.82) is 0 Å². The van der Waals surface area contributed by atoms with Gasteiger partial charge in [0.2, 0.25) is 0 Å². The number of hydrogen-bond acceptors (Lipinski definition) is 2. The molecule has 6 heteroatoms. The Morgan fingerprint density at radius 2 is 1.43 bits per heavy atom. The van der Waals surface area contributed by atoms with Crippen molar-refractivity contribution in [1.82, 2.24) is 9.80 Å². The summed E-state index contributed by atoms with van der Waals surface area (Å²) in [5, 5.41) is 2.55. The first-order valence-corrected chi connectivity index (χ1v) is 10.0. The number of halogens is 2. The van der Waals surface area contributed by atoms with E-state index < -0.39 is 11.6 Å². The Labute approximate surface area is 173 Å². The molecule has 0 radical (unpaired) electrons.